The number of rotatable bonds is 3. The Morgan fingerprint density at radius 3 is 2.52 bits per heavy atom. The van der Waals surface area contributed by atoms with Crippen molar-refractivity contribution in [2.24, 2.45) is 0 Å². The molecule has 3 rings (SSSR count). The highest BCUT2D eigenvalue weighted by molar-refractivity contribution is 6.03. The maximum Gasteiger partial charge on any atom is 0.277 e. The van der Waals surface area contributed by atoms with Crippen molar-refractivity contribution in [3.8, 4) is 11.3 Å². The summed E-state index contributed by atoms with van der Waals surface area (Å²) < 4.78 is 5.23. The maximum atomic E-state index is 12.1. The first-order valence-corrected chi connectivity index (χ1v) is 6.47. The Bertz CT molecular complexity index is 749. The molecule has 0 atom stereocenters. The van der Waals surface area contributed by atoms with Crippen LogP contribution in [0.1, 0.15) is 16.1 Å². The third-order valence-electron chi connectivity index (χ3n) is 3.02. The Morgan fingerprint density at radius 2 is 1.81 bits per heavy atom. The molecule has 5 nitrogen and oxygen atoms in total. The van der Waals surface area contributed by atoms with Crippen molar-refractivity contribution in [3.05, 3.63) is 66.1 Å². The Morgan fingerprint density at radius 1 is 1.10 bits per heavy atom. The Balaban J connectivity index is 1.78. The molecule has 1 aromatic carbocycles. The zero-order valence-electron chi connectivity index (χ0n) is 11.4. The van der Waals surface area contributed by atoms with Crippen LogP contribution in [-0.2, 0) is 0 Å². The van der Waals surface area contributed by atoms with E-state index in [1.54, 1.807) is 30.6 Å². The summed E-state index contributed by atoms with van der Waals surface area (Å²) in [6.07, 6.45) is 3.21. The SMILES string of the molecule is Cc1ccc(-c2cc(C(=O)Nc3ccncc3)no2)cc1. The normalized spacial score (nSPS) is 10.3. The second kappa shape index (κ2) is 5.58. The summed E-state index contributed by atoms with van der Waals surface area (Å²) in [5.74, 6) is 0.248. The van der Waals surface area contributed by atoms with Crippen LogP contribution in [0.5, 0.6) is 0 Å². The van der Waals surface area contributed by atoms with Crippen LogP contribution in [0.25, 0.3) is 11.3 Å². The Labute approximate surface area is 121 Å². The molecule has 0 saturated heterocycles. The zero-order chi connectivity index (χ0) is 14.7. The molecule has 0 unspecified atom stereocenters. The van der Waals surface area contributed by atoms with Crippen LogP contribution < -0.4 is 5.32 Å². The van der Waals surface area contributed by atoms with Crippen LogP contribution in [0.3, 0.4) is 0 Å². The molecule has 104 valence electrons. The van der Waals surface area contributed by atoms with Gasteiger partial charge < -0.3 is 9.84 Å². The molecule has 0 spiro atoms. The molecule has 0 fully saturated rings. The summed E-state index contributed by atoms with van der Waals surface area (Å²) >= 11 is 0. The van der Waals surface area contributed by atoms with Crippen molar-refractivity contribution in [2.75, 3.05) is 5.32 Å². The molecule has 0 aliphatic carbocycles. The summed E-state index contributed by atoms with van der Waals surface area (Å²) in [6, 6.07) is 12.9. The highest BCUT2D eigenvalue weighted by Gasteiger charge is 2.13. The lowest BCUT2D eigenvalue weighted by Crippen LogP contribution is -2.11. The van der Waals surface area contributed by atoms with Gasteiger partial charge in [-0.1, -0.05) is 35.0 Å². The number of carbonyl (C=O) groups is 1. The second-order valence-electron chi connectivity index (χ2n) is 4.63. The summed E-state index contributed by atoms with van der Waals surface area (Å²) in [7, 11) is 0. The Kier molecular flexibility index (Phi) is 3.47. The average molecular weight is 279 g/mol. The Hall–Kier alpha value is -2.95. The van der Waals surface area contributed by atoms with Crippen molar-refractivity contribution in [1.82, 2.24) is 10.1 Å². The van der Waals surface area contributed by atoms with E-state index in [9.17, 15) is 4.79 Å². The number of aromatic nitrogens is 2. The molecule has 0 aliphatic rings. The summed E-state index contributed by atoms with van der Waals surface area (Å²) in [5.41, 5.74) is 2.95. The fraction of sp³-hybridized carbons (Fsp3) is 0.0625. The second-order valence-corrected chi connectivity index (χ2v) is 4.63. The van der Waals surface area contributed by atoms with E-state index in [0.717, 1.165) is 11.1 Å². The zero-order valence-corrected chi connectivity index (χ0v) is 11.4. The highest BCUT2D eigenvalue weighted by atomic mass is 16.5. The predicted molar refractivity (Wildman–Crippen MR) is 78.9 cm³/mol. The van der Waals surface area contributed by atoms with Gasteiger partial charge in [-0.25, -0.2) is 0 Å². The van der Waals surface area contributed by atoms with Gasteiger partial charge in [-0.05, 0) is 19.1 Å². The molecule has 2 heterocycles. The lowest BCUT2D eigenvalue weighted by atomic mass is 10.1. The number of nitrogens with zero attached hydrogens (tertiary/aromatic N) is 2. The van der Waals surface area contributed by atoms with Gasteiger partial charge in [0.15, 0.2) is 11.5 Å². The largest absolute Gasteiger partial charge is 0.355 e. The van der Waals surface area contributed by atoms with Gasteiger partial charge in [0.25, 0.3) is 5.91 Å². The smallest absolute Gasteiger partial charge is 0.277 e. The van der Waals surface area contributed by atoms with E-state index < -0.39 is 0 Å². The van der Waals surface area contributed by atoms with Crippen LogP contribution in [-0.4, -0.2) is 16.0 Å². The topological polar surface area (TPSA) is 68.0 Å². The average Bonchev–Trinajstić information content (AvgIpc) is 2.99. The van der Waals surface area contributed by atoms with Gasteiger partial charge >= 0.3 is 0 Å². The molecule has 21 heavy (non-hydrogen) atoms. The number of anilines is 1. The number of pyridine rings is 1. The van der Waals surface area contributed by atoms with E-state index >= 15 is 0 Å². The molecule has 1 amide bonds. The predicted octanol–water partition coefficient (Wildman–Crippen LogP) is 3.30. The number of hydrogen-bond acceptors (Lipinski definition) is 4. The van der Waals surface area contributed by atoms with E-state index in [-0.39, 0.29) is 11.6 Å². The minimum absolute atomic E-state index is 0.238. The van der Waals surface area contributed by atoms with Crippen LogP contribution in [0.4, 0.5) is 5.69 Å². The van der Waals surface area contributed by atoms with Gasteiger partial charge in [0, 0.05) is 29.7 Å². The number of hydrogen-bond donors (Lipinski definition) is 1. The van der Waals surface area contributed by atoms with Crippen molar-refractivity contribution in [2.45, 2.75) is 6.92 Å². The van der Waals surface area contributed by atoms with E-state index in [1.807, 2.05) is 31.2 Å². The summed E-state index contributed by atoms with van der Waals surface area (Å²) in [6.45, 7) is 2.01. The molecule has 0 saturated carbocycles. The molecule has 0 bridgehead atoms. The van der Waals surface area contributed by atoms with Crippen molar-refractivity contribution < 1.29 is 9.32 Å². The standard InChI is InChI=1S/C16H13N3O2/c1-11-2-4-12(5-3-11)15-10-14(19-21-15)16(20)18-13-6-8-17-9-7-13/h2-10H,1H3,(H,17,18,20). The number of benzene rings is 1. The number of amides is 1. The maximum absolute atomic E-state index is 12.1. The van der Waals surface area contributed by atoms with E-state index in [0.29, 0.717) is 11.4 Å². The first-order valence-electron chi connectivity index (χ1n) is 6.47. The molecular formula is C16H13N3O2. The summed E-state index contributed by atoms with van der Waals surface area (Å²) in [5, 5.41) is 6.54. The number of nitrogens with one attached hydrogen (secondary N) is 1. The quantitative estimate of drug-likeness (QED) is 0.798. The van der Waals surface area contributed by atoms with Crippen LogP contribution >= 0.6 is 0 Å². The minimum atomic E-state index is -0.316. The van der Waals surface area contributed by atoms with Crippen molar-refractivity contribution in [1.29, 1.82) is 0 Å². The molecule has 0 aliphatic heterocycles. The fourth-order valence-electron chi connectivity index (χ4n) is 1.87. The lowest BCUT2D eigenvalue weighted by molar-refractivity contribution is 0.101. The molecular weight excluding hydrogens is 266 g/mol. The number of carbonyl (C=O) groups excluding carboxylic acids is 1. The highest BCUT2D eigenvalue weighted by Crippen LogP contribution is 2.21. The third kappa shape index (κ3) is 2.97. The molecule has 2 aromatic heterocycles. The van der Waals surface area contributed by atoms with E-state index in [1.165, 1.54) is 0 Å². The molecule has 5 heteroatoms. The fourth-order valence-corrected chi connectivity index (χ4v) is 1.87. The third-order valence-corrected chi connectivity index (χ3v) is 3.02. The van der Waals surface area contributed by atoms with E-state index in [4.69, 9.17) is 4.52 Å². The van der Waals surface area contributed by atoms with Gasteiger partial charge in [0.05, 0.1) is 0 Å². The van der Waals surface area contributed by atoms with Crippen LogP contribution in [0.2, 0.25) is 0 Å². The van der Waals surface area contributed by atoms with Crippen molar-refractivity contribution in [3.63, 3.8) is 0 Å². The van der Waals surface area contributed by atoms with E-state index in [2.05, 4.69) is 15.5 Å². The number of aryl methyl sites for hydroxylation is 1. The van der Waals surface area contributed by atoms with Crippen molar-refractivity contribution >= 4 is 11.6 Å². The summed E-state index contributed by atoms with van der Waals surface area (Å²) in [4.78, 5) is 15.9. The monoisotopic (exact) mass is 279 g/mol. The minimum Gasteiger partial charge on any atom is -0.355 e. The van der Waals surface area contributed by atoms with Crippen LogP contribution in [0, 0.1) is 6.92 Å². The molecule has 0 radical (unpaired) electrons. The molecule has 1 N–H and O–H groups in total. The van der Waals surface area contributed by atoms with Crippen LogP contribution in [0.15, 0.2) is 59.4 Å². The first-order chi connectivity index (χ1) is 10.2. The van der Waals surface area contributed by atoms with Gasteiger partial charge in [0.1, 0.15) is 0 Å². The van der Waals surface area contributed by atoms with Gasteiger partial charge in [0.2, 0.25) is 0 Å². The molecule has 3 aromatic rings. The van der Waals surface area contributed by atoms with Gasteiger partial charge in [-0.15, -0.1) is 0 Å². The lowest BCUT2D eigenvalue weighted by Gasteiger charge is -2.00. The first kappa shape index (κ1) is 13.1. The van der Waals surface area contributed by atoms with Gasteiger partial charge in [-0.2, -0.15) is 0 Å². The van der Waals surface area contributed by atoms with Gasteiger partial charge in [-0.3, -0.25) is 9.78 Å².